The summed E-state index contributed by atoms with van der Waals surface area (Å²) in [7, 11) is -3.54. The van der Waals surface area contributed by atoms with Crippen molar-refractivity contribution < 1.29 is 22.4 Å². The van der Waals surface area contributed by atoms with Crippen LogP contribution >= 0.6 is 11.3 Å². The van der Waals surface area contributed by atoms with E-state index in [0.29, 0.717) is 45.2 Å². The van der Waals surface area contributed by atoms with Crippen LogP contribution in [-0.4, -0.2) is 49.8 Å². The van der Waals surface area contributed by atoms with Crippen molar-refractivity contribution in [3.05, 3.63) is 82.5 Å². The lowest BCUT2D eigenvalue weighted by molar-refractivity contribution is -0.127. The number of amides is 1. The van der Waals surface area contributed by atoms with Crippen molar-refractivity contribution >= 4 is 33.3 Å². The number of ether oxygens (including phenoxy) is 1. The number of carbonyl (C=O) groups excluding carboxylic acids is 1. The number of hydrogen-bond donors (Lipinski definition) is 0. The second-order valence-corrected chi connectivity index (χ2v) is 10.2. The van der Waals surface area contributed by atoms with Gasteiger partial charge in [0.15, 0.2) is 0 Å². The van der Waals surface area contributed by atoms with Crippen molar-refractivity contribution in [1.82, 2.24) is 9.21 Å². The summed E-state index contributed by atoms with van der Waals surface area (Å²) < 4.78 is 37.6. The molecule has 1 aliphatic heterocycles. The van der Waals surface area contributed by atoms with Crippen LogP contribution in [0.15, 0.2) is 75.6 Å². The number of sulfonamides is 1. The molecule has 0 spiro atoms. The van der Waals surface area contributed by atoms with E-state index in [0.717, 1.165) is 10.4 Å². The molecule has 4 rings (SSSR count). The molecule has 0 atom stereocenters. The Morgan fingerprint density at radius 3 is 2.50 bits per heavy atom. The SMILES string of the molecule is O=C(/C=C/c1ccc(S(=O)(=O)N2CCOCC2)cc1)N(Cc1ccco1)Cc1cccs1. The number of rotatable bonds is 8. The molecule has 168 valence electrons. The monoisotopic (exact) mass is 472 g/mol. The van der Waals surface area contributed by atoms with Crippen molar-refractivity contribution in [2.45, 2.75) is 18.0 Å². The normalized spacial score (nSPS) is 15.2. The van der Waals surface area contributed by atoms with Gasteiger partial charge in [-0.05, 0) is 47.4 Å². The number of thiophene rings is 1. The van der Waals surface area contributed by atoms with E-state index in [-0.39, 0.29) is 10.8 Å². The molecular weight excluding hydrogens is 448 g/mol. The van der Waals surface area contributed by atoms with E-state index >= 15 is 0 Å². The van der Waals surface area contributed by atoms with Gasteiger partial charge in [-0.2, -0.15) is 4.31 Å². The summed E-state index contributed by atoms with van der Waals surface area (Å²) in [6.45, 7) is 2.37. The van der Waals surface area contributed by atoms with Crippen molar-refractivity contribution in [2.24, 2.45) is 0 Å². The van der Waals surface area contributed by atoms with Crippen LogP contribution in [0, 0.1) is 0 Å². The summed E-state index contributed by atoms with van der Waals surface area (Å²) in [6.07, 6.45) is 4.78. The van der Waals surface area contributed by atoms with Gasteiger partial charge in [0.05, 0.1) is 37.5 Å². The minimum Gasteiger partial charge on any atom is -0.467 e. The summed E-state index contributed by atoms with van der Waals surface area (Å²) in [5, 5.41) is 1.98. The molecule has 1 aromatic carbocycles. The first-order valence-corrected chi connectivity index (χ1v) is 12.5. The molecule has 3 aromatic rings. The molecule has 1 amide bonds. The summed E-state index contributed by atoms with van der Waals surface area (Å²) in [5.41, 5.74) is 0.744. The smallest absolute Gasteiger partial charge is 0.247 e. The highest BCUT2D eigenvalue weighted by molar-refractivity contribution is 7.89. The minimum atomic E-state index is -3.54. The molecule has 0 N–H and O–H groups in total. The van der Waals surface area contributed by atoms with Gasteiger partial charge in [-0.1, -0.05) is 18.2 Å². The molecule has 0 bridgehead atoms. The van der Waals surface area contributed by atoms with Crippen LogP contribution < -0.4 is 0 Å². The van der Waals surface area contributed by atoms with Crippen molar-refractivity contribution in [1.29, 1.82) is 0 Å². The molecule has 0 radical (unpaired) electrons. The van der Waals surface area contributed by atoms with Crippen molar-refractivity contribution in [3.63, 3.8) is 0 Å². The predicted molar refractivity (Wildman–Crippen MR) is 122 cm³/mol. The number of hydrogen-bond acceptors (Lipinski definition) is 6. The van der Waals surface area contributed by atoms with Crippen molar-refractivity contribution in [2.75, 3.05) is 26.3 Å². The maximum atomic E-state index is 12.9. The molecule has 1 aliphatic rings. The van der Waals surface area contributed by atoms with Crippen LogP contribution in [-0.2, 0) is 32.6 Å². The maximum absolute atomic E-state index is 12.9. The molecular formula is C23H24N2O5S2. The third-order valence-electron chi connectivity index (χ3n) is 5.07. The second-order valence-electron chi connectivity index (χ2n) is 7.27. The van der Waals surface area contributed by atoms with Gasteiger partial charge >= 0.3 is 0 Å². The second kappa shape index (κ2) is 10.3. The van der Waals surface area contributed by atoms with Gasteiger partial charge < -0.3 is 14.1 Å². The Morgan fingerprint density at radius 1 is 1.06 bits per heavy atom. The number of benzene rings is 1. The third-order valence-corrected chi connectivity index (χ3v) is 7.85. The molecule has 1 fully saturated rings. The Hall–Kier alpha value is -2.72. The van der Waals surface area contributed by atoms with Crippen LogP contribution in [0.4, 0.5) is 0 Å². The molecule has 0 aliphatic carbocycles. The fourth-order valence-electron chi connectivity index (χ4n) is 3.35. The lowest BCUT2D eigenvalue weighted by Gasteiger charge is -2.26. The average molecular weight is 473 g/mol. The largest absolute Gasteiger partial charge is 0.467 e. The number of morpholine rings is 1. The molecule has 32 heavy (non-hydrogen) atoms. The van der Waals surface area contributed by atoms with Gasteiger partial charge in [0.25, 0.3) is 0 Å². The van der Waals surface area contributed by atoms with E-state index in [9.17, 15) is 13.2 Å². The zero-order valence-corrected chi connectivity index (χ0v) is 19.1. The Bertz CT molecular complexity index is 1100. The molecule has 0 unspecified atom stereocenters. The van der Waals surface area contributed by atoms with Crippen molar-refractivity contribution in [3.8, 4) is 0 Å². The van der Waals surface area contributed by atoms with Crippen LogP contribution in [0.25, 0.3) is 6.08 Å². The van der Waals surface area contributed by atoms with Crippen LogP contribution in [0.5, 0.6) is 0 Å². The number of carbonyl (C=O) groups is 1. The summed E-state index contributed by atoms with van der Waals surface area (Å²) in [6, 6.07) is 14.1. The summed E-state index contributed by atoms with van der Waals surface area (Å²) in [5.74, 6) is 0.556. The van der Waals surface area contributed by atoms with Gasteiger partial charge in [-0.3, -0.25) is 4.79 Å². The number of furan rings is 1. The Kier molecular flexibility index (Phi) is 7.21. The van der Waals surface area contributed by atoms with E-state index in [1.165, 1.54) is 10.4 Å². The molecule has 1 saturated heterocycles. The summed E-state index contributed by atoms with van der Waals surface area (Å²) in [4.78, 5) is 15.9. The highest BCUT2D eigenvalue weighted by atomic mass is 32.2. The Labute approximate surface area is 191 Å². The third kappa shape index (κ3) is 5.55. The standard InChI is InChI=1S/C23H24N2O5S2/c26-23(24(17-20-3-1-13-30-20)18-21-4-2-16-31-21)10-7-19-5-8-22(9-6-19)32(27,28)25-11-14-29-15-12-25/h1-10,13,16H,11-12,14-15,17-18H2/b10-7+. The molecule has 3 heterocycles. The van der Waals surface area contributed by atoms with Crippen LogP contribution in [0.2, 0.25) is 0 Å². The number of nitrogens with zero attached hydrogens (tertiary/aromatic N) is 2. The molecule has 7 nitrogen and oxygen atoms in total. The van der Waals surface area contributed by atoms with Gasteiger partial charge in [0.1, 0.15) is 5.76 Å². The maximum Gasteiger partial charge on any atom is 0.247 e. The highest BCUT2D eigenvalue weighted by Gasteiger charge is 2.26. The molecule has 9 heteroatoms. The first-order valence-electron chi connectivity index (χ1n) is 10.2. The van der Waals surface area contributed by atoms with Gasteiger partial charge in [0.2, 0.25) is 15.9 Å². The Balaban J connectivity index is 1.45. The lowest BCUT2D eigenvalue weighted by Crippen LogP contribution is -2.40. The van der Waals surface area contributed by atoms with E-state index < -0.39 is 10.0 Å². The summed E-state index contributed by atoms with van der Waals surface area (Å²) >= 11 is 1.59. The van der Waals surface area contributed by atoms with Gasteiger partial charge in [-0.15, -0.1) is 11.3 Å². The first-order chi connectivity index (χ1) is 15.5. The quantitative estimate of drug-likeness (QED) is 0.468. The lowest BCUT2D eigenvalue weighted by atomic mass is 10.2. The fourth-order valence-corrected chi connectivity index (χ4v) is 5.48. The first kappa shape index (κ1) is 22.5. The predicted octanol–water partition coefficient (Wildman–Crippen LogP) is 3.60. The fraction of sp³-hybridized carbons (Fsp3) is 0.261. The van der Waals surface area contributed by atoms with Crippen LogP contribution in [0.1, 0.15) is 16.2 Å². The zero-order valence-electron chi connectivity index (χ0n) is 17.4. The van der Waals surface area contributed by atoms with E-state index in [4.69, 9.17) is 9.15 Å². The Morgan fingerprint density at radius 2 is 1.84 bits per heavy atom. The molecule has 0 saturated carbocycles. The topological polar surface area (TPSA) is 80.1 Å². The van der Waals surface area contributed by atoms with Crippen LogP contribution in [0.3, 0.4) is 0 Å². The van der Waals surface area contributed by atoms with E-state index in [2.05, 4.69) is 0 Å². The zero-order chi connectivity index (χ0) is 22.4. The average Bonchev–Trinajstić information content (AvgIpc) is 3.52. The highest BCUT2D eigenvalue weighted by Crippen LogP contribution is 2.19. The minimum absolute atomic E-state index is 0.153. The molecule has 2 aromatic heterocycles. The van der Waals surface area contributed by atoms with E-state index in [1.807, 2.05) is 23.6 Å². The van der Waals surface area contributed by atoms with E-state index in [1.54, 1.807) is 58.9 Å². The van der Waals surface area contributed by atoms with Gasteiger partial charge in [-0.25, -0.2) is 8.42 Å². The van der Waals surface area contributed by atoms with Gasteiger partial charge in [0, 0.05) is 24.0 Å².